The highest BCUT2D eigenvalue weighted by Crippen LogP contribution is 2.31. The minimum Gasteiger partial charge on any atom is -0.385 e. The number of aryl methyl sites for hydroxylation is 2. The third-order valence-corrected chi connectivity index (χ3v) is 5.75. The van der Waals surface area contributed by atoms with E-state index in [1.807, 2.05) is 74.5 Å². The predicted molar refractivity (Wildman–Crippen MR) is 121 cm³/mol. The van der Waals surface area contributed by atoms with Crippen LogP contribution >= 0.6 is 0 Å². The monoisotopic (exact) mass is 389 g/mol. The van der Waals surface area contributed by atoms with E-state index < -0.39 is 11.5 Å². The summed E-state index contributed by atoms with van der Waals surface area (Å²) in [4.78, 5) is 15.3. The Labute approximate surface area is 174 Å². The molecule has 29 heavy (non-hydrogen) atoms. The summed E-state index contributed by atoms with van der Waals surface area (Å²) in [6.45, 7) is 8.42. The fourth-order valence-corrected chi connectivity index (χ4v) is 3.92. The number of nitrogens with zero attached hydrogens (tertiary/aromatic N) is 1. The first-order chi connectivity index (χ1) is 13.9. The maximum absolute atomic E-state index is 13.1. The highest BCUT2D eigenvalue weighted by atomic mass is 16.3. The minimum atomic E-state index is -1.14. The first-order valence-electron chi connectivity index (χ1n) is 10.4. The molecule has 0 aromatic heterocycles. The van der Waals surface area contributed by atoms with E-state index in [0.717, 1.165) is 29.8 Å². The van der Waals surface area contributed by atoms with Gasteiger partial charge in [-0.2, -0.15) is 0 Å². The van der Waals surface area contributed by atoms with Crippen LogP contribution < -0.4 is 0 Å². The minimum absolute atomic E-state index is 0.0268. The molecule has 1 heterocycles. The Morgan fingerprint density at radius 2 is 1.72 bits per heavy atom. The van der Waals surface area contributed by atoms with Crippen molar-refractivity contribution in [3.05, 3.63) is 82.9 Å². The molecule has 0 radical (unpaired) electrons. The molecule has 1 aliphatic rings. The van der Waals surface area contributed by atoms with Crippen molar-refractivity contribution in [3.63, 3.8) is 0 Å². The quantitative estimate of drug-likeness (QED) is 0.730. The summed E-state index contributed by atoms with van der Waals surface area (Å²) in [5.41, 5.74) is 3.24. The molecule has 1 N–H and O–H groups in total. The van der Waals surface area contributed by atoms with Gasteiger partial charge in [0.1, 0.15) is 0 Å². The molecule has 0 amide bonds. The number of piperidine rings is 1. The normalized spacial score (nSPS) is 23.1. The number of ketones is 1. The average molecular weight is 390 g/mol. The first kappa shape index (κ1) is 21.2. The second-order valence-corrected chi connectivity index (χ2v) is 8.08. The molecule has 0 unspecified atom stereocenters. The van der Waals surface area contributed by atoms with Crippen LogP contribution in [0.3, 0.4) is 0 Å². The zero-order valence-electron chi connectivity index (χ0n) is 17.6. The second-order valence-electron chi connectivity index (χ2n) is 8.08. The number of carbonyl (C=O) groups excluding carboxylic acids is 1. The summed E-state index contributed by atoms with van der Waals surface area (Å²) in [7, 11) is 0. The van der Waals surface area contributed by atoms with Crippen molar-refractivity contribution in [1.82, 2.24) is 4.90 Å². The van der Waals surface area contributed by atoms with Gasteiger partial charge in [-0.15, -0.1) is 0 Å². The summed E-state index contributed by atoms with van der Waals surface area (Å²) in [5.74, 6) is -0.501. The zero-order valence-corrected chi connectivity index (χ0v) is 17.6. The highest BCUT2D eigenvalue weighted by Gasteiger charge is 2.42. The van der Waals surface area contributed by atoms with Gasteiger partial charge >= 0.3 is 0 Å². The largest absolute Gasteiger partial charge is 0.385 e. The maximum Gasteiger partial charge on any atom is 0.163 e. The summed E-state index contributed by atoms with van der Waals surface area (Å²) in [5, 5.41) is 11.4. The van der Waals surface area contributed by atoms with Crippen LogP contribution in [0, 0.1) is 19.8 Å². The van der Waals surface area contributed by atoms with Crippen LogP contribution in [-0.2, 0) is 4.79 Å². The molecule has 152 valence electrons. The van der Waals surface area contributed by atoms with E-state index in [1.54, 1.807) is 6.08 Å². The van der Waals surface area contributed by atoms with E-state index in [9.17, 15) is 9.90 Å². The van der Waals surface area contributed by atoms with Gasteiger partial charge in [0, 0.05) is 13.1 Å². The lowest BCUT2D eigenvalue weighted by atomic mass is 9.77. The summed E-state index contributed by atoms with van der Waals surface area (Å²) < 4.78 is 0. The summed E-state index contributed by atoms with van der Waals surface area (Å²) in [6, 6.07) is 16.2. The van der Waals surface area contributed by atoms with Gasteiger partial charge in [-0.25, -0.2) is 0 Å². The molecule has 1 aliphatic heterocycles. The van der Waals surface area contributed by atoms with Crippen LogP contribution in [0.5, 0.6) is 0 Å². The van der Waals surface area contributed by atoms with Crippen LogP contribution in [0.15, 0.2) is 60.7 Å². The number of hydrogen-bond acceptors (Lipinski definition) is 3. The van der Waals surface area contributed by atoms with Crippen LogP contribution in [0.2, 0.25) is 0 Å². The lowest BCUT2D eigenvalue weighted by Gasteiger charge is -2.41. The number of likely N-dealkylation sites (tertiary alicyclic amines) is 1. The third-order valence-electron chi connectivity index (χ3n) is 5.75. The molecule has 2 atom stereocenters. The smallest absolute Gasteiger partial charge is 0.163 e. The number of benzene rings is 2. The molecule has 3 heteroatoms. The van der Waals surface area contributed by atoms with Gasteiger partial charge in [-0.05, 0) is 44.0 Å². The van der Waals surface area contributed by atoms with Gasteiger partial charge in [-0.1, -0.05) is 84.8 Å². The molecular weight excluding hydrogens is 358 g/mol. The van der Waals surface area contributed by atoms with Gasteiger partial charge in [0.2, 0.25) is 0 Å². The fraction of sp³-hybridized carbons (Fsp3) is 0.346. The number of carbonyl (C=O) groups is 1. The van der Waals surface area contributed by atoms with E-state index in [4.69, 9.17) is 0 Å². The SMILES string of the molecule is CCN1CC[C@](O)(/C=C/c2cccc(C)c2)[C@H](C(=O)/C=C/c2cccc(C)c2)C1. The topological polar surface area (TPSA) is 40.5 Å². The van der Waals surface area contributed by atoms with Gasteiger partial charge in [0.05, 0.1) is 11.5 Å². The Morgan fingerprint density at radius 3 is 2.31 bits per heavy atom. The van der Waals surface area contributed by atoms with Crippen molar-refractivity contribution in [2.24, 2.45) is 5.92 Å². The molecule has 1 saturated heterocycles. The van der Waals surface area contributed by atoms with Gasteiger partial charge in [0.15, 0.2) is 5.78 Å². The number of aliphatic hydroxyl groups is 1. The Morgan fingerprint density at radius 1 is 1.10 bits per heavy atom. The van der Waals surface area contributed by atoms with Crippen molar-refractivity contribution in [3.8, 4) is 0 Å². The molecular formula is C26H31NO2. The molecule has 0 spiro atoms. The summed E-state index contributed by atoms with van der Waals surface area (Å²) in [6.07, 6.45) is 7.81. The Balaban J connectivity index is 1.83. The van der Waals surface area contributed by atoms with E-state index in [-0.39, 0.29) is 5.78 Å². The standard InChI is InChI=1S/C26H31NO2/c1-4-27-16-15-26(29,14-13-23-10-6-8-21(3)18-23)24(19-27)25(28)12-11-22-9-5-7-20(2)17-22/h5-14,17-18,24,29H,4,15-16,19H2,1-3H3/b12-11+,14-13+/t24-,26+/m0/s1. The van der Waals surface area contributed by atoms with Crippen molar-refractivity contribution >= 4 is 17.9 Å². The van der Waals surface area contributed by atoms with Crippen molar-refractivity contribution < 1.29 is 9.90 Å². The van der Waals surface area contributed by atoms with E-state index in [2.05, 4.69) is 17.9 Å². The molecule has 0 aliphatic carbocycles. The highest BCUT2D eigenvalue weighted by molar-refractivity contribution is 5.96. The van der Waals surface area contributed by atoms with Crippen molar-refractivity contribution in [2.45, 2.75) is 32.8 Å². The van der Waals surface area contributed by atoms with Gasteiger partial charge in [0.25, 0.3) is 0 Å². The number of allylic oxidation sites excluding steroid dienone is 1. The van der Waals surface area contributed by atoms with Crippen LogP contribution in [0.25, 0.3) is 12.2 Å². The zero-order chi connectivity index (χ0) is 20.9. The first-order valence-corrected chi connectivity index (χ1v) is 10.4. The molecule has 0 saturated carbocycles. The maximum atomic E-state index is 13.1. The molecule has 3 nitrogen and oxygen atoms in total. The average Bonchev–Trinajstić information content (AvgIpc) is 2.71. The van der Waals surface area contributed by atoms with E-state index in [1.165, 1.54) is 5.56 Å². The Bertz CT molecular complexity index is 914. The van der Waals surface area contributed by atoms with Gasteiger partial charge in [-0.3, -0.25) is 4.79 Å². The second kappa shape index (κ2) is 9.34. The lowest BCUT2D eigenvalue weighted by Crippen LogP contribution is -2.53. The molecule has 1 fully saturated rings. The van der Waals surface area contributed by atoms with Crippen LogP contribution in [-0.4, -0.2) is 41.0 Å². The molecule has 2 aromatic rings. The number of rotatable bonds is 6. The van der Waals surface area contributed by atoms with Crippen molar-refractivity contribution in [1.29, 1.82) is 0 Å². The predicted octanol–water partition coefficient (Wildman–Crippen LogP) is 4.67. The lowest BCUT2D eigenvalue weighted by molar-refractivity contribution is -0.129. The molecule has 0 bridgehead atoms. The molecule has 2 aromatic carbocycles. The van der Waals surface area contributed by atoms with Gasteiger partial charge < -0.3 is 10.0 Å². The van der Waals surface area contributed by atoms with E-state index >= 15 is 0 Å². The van der Waals surface area contributed by atoms with Crippen molar-refractivity contribution in [2.75, 3.05) is 19.6 Å². The molecule has 3 rings (SSSR count). The Hall–Kier alpha value is -2.49. The number of hydrogen-bond donors (Lipinski definition) is 1. The van der Waals surface area contributed by atoms with Crippen LogP contribution in [0.1, 0.15) is 35.6 Å². The third kappa shape index (κ3) is 5.53. The van der Waals surface area contributed by atoms with E-state index in [0.29, 0.717) is 13.0 Å². The Kier molecular flexibility index (Phi) is 6.83. The van der Waals surface area contributed by atoms with Crippen LogP contribution in [0.4, 0.5) is 0 Å². The fourth-order valence-electron chi connectivity index (χ4n) is 3.92. The summed E-state index contributed by atoms with van der Waals surface area (Å²) >= 11 is 0.